The van der Waals surface area contributed by atoms with E-state index in [-0.39, 0.29) is 6.10 Å². The Balaban J connectivity index is 1.38. The van der Waals surface area contributed by atoms with Crippen LogP contribution in [-0.2, 0) is 6.42 Å². The molecule has 0 spiro atoms. The van der Waals surface area contributed by atoms with Crippen LogP contribution in [0.5, 0.6) is 0 Å². The van der Waals surface area contributed by atoms with Gasteiger partial charge in [0.15, 0.2) is 0 Å². The minimum atomic E-state index is -0.0727. The molecular formula is C29H44O. The van der Waals surface area contributed by atoms with E-state index in [0.29, 0.717) is 28.6 Å². The molecule has 1 nitrogen and oxygen atoms in total. The minimum absolute atomic E-state index is 0.0727. The third-order valence-electron chi connectivity index (χ3n) is 11.0. The van der Waals surface area contributed by atoms with E-state index in [9.17, 15) is 5.11 Å². The minimum Gasteiger partial charge on any atom is -0.393 e. The van der Waals surface area contributed by atoms with Gasteiger partial charge in [-0.05, 0) is 110 Å². The smallest absolute Gasteiger partial charge is 0.0579 e. The third kappa shape index (κ3) is 3.21. The Bertz CT molecular complexity index is 769. The van der Waals surface area contributed by atoms with Gasteiger partial charge in [-0.25, -0.2) is 0 Å². The summed E-state index contributed by atoms with van der Waals surface area (Å²) in [6, 6.07) is 9.08. The van der Waals surface area contributed by atoms with Crippen molar-refractivity contribution in [2.45, 2.75) is 98.0 Å². The summed E-state index contributed by atoms with van der Waals surface area (Å²) in [6.07, 6.45) is 13.5. The van der Waals surface area contributed by atoms with Crippen LogP contribution in [0.3, 0.4) is 0 Å². The Labute approximate surface area is 185 Å². The second kappa shape index (κ2) is 7.65. The zero-order valence-corrected chi connectivity index (χ0v) is 19.9. The van der Waals surface area contributed by atoms with Gasteiger partial charge in [-0.15, -0.1) is 0 Å². The summed E-state index contributed by atoms with van der Waals surface area (Å²) in [5.74, 6) is 4.46. The van der Waals surface area contributed by atoms with E-state index in [1.54, 1.807) is 0 Å². The van der Waals surface area contributed by atoms with Gasteiger partial charge in [0.1, 0.15) is 0 Å². The van der Waals surface area contributed by atoms with Crippen LogP contribution in [0.25, 0.3) is 0 Å². The Morgan fingerprint density at radius 1 is 1.03 bits per heavy atom. The second-order valence-electron chi connectivity index (χ2n) is 12.4. The number of rotatable bonds is 3. The summed E-state index contributed by atoms with van der Waals surface area (Å²) in [5, 5.41) is 11.4. The second-order valence-corrected chi connectivity index (χ2v) is 12.4. The van der Waals surface area contributed by atoms with Crippen LogP contribution < -0.4 is 0 Å². The van der Waals surface area contributed by atoms with Crippen molar-refractivity contribution in [2.75, 3.05) is 0 Å². The Kier molecular flexibility index (Phi) is 5.36. The highest BCUT2D eigenvalue weighted by molar-refractivity contribution is 5.23. The number of hydrogen-bond acceptors (Lipinski definition) is 1. The van der Waals surface area contributed by atoms with Crippen LogP contribution in [0.4, 0.5) is 0 Å². The van der Waals surface area contributed by atoms with Crippen LogP contribution >= 0.6 is 0 Å². The van der Waals surface area contributed by atoms with Gasteiger partial charge in [-0.1, -0.05) is 63.4 Å². The number of aryl methyl sites for hydroxylation is 1. The predicted molar refractivity (Wildman–Crippen MR) is 125 cm³/mol. The molecule has 2 unspecified atom stereocenters. The van der Waals surface area contributed by atoms with Crippen molar-refractivity contribution in [1.29, 1.82) is 0 Å². The molecular weight excluding hydrogens is 364 g/mol. The lowest BCUT2D eigenvalue weighted by atomic mass is 9.44. The first-order valence-corrected chi connectivity index (χ1v) is 13.1. The van der Waals surface area contributed by atoms with E-state index in [2.05, 4.69) is 52.0 Å². The van der Waals surface area contributed by atoms with Gasteiger partial charge in [0.05, 0.1) is 6.10 Å². The van der Waals surface area contributed by atoms with Gasteiger partial charge in [-0.2, -0.15) is 0 Å². The molecule has 1 heteroatoms. The third-order valence-corrected chi connectivity index (χ3v) is 11.0. The largest absolute Gasteiger partial charge is 0.393 e. The number of aliphatic hydroxyl groups excluding tert-OH is 1. The summed E-state index contributed by atoms with van der Waals surface area (Å²) in [5.41, 5.74) is 3.75. The van der Waals surface area contributed by atoms with Gasteiger partial charge >= 0.3 is 0 Å². The lowest BCUT2D eigenvalue weighted by Crippen LogP contribution is -2.54. The monoisotopic (exact) mass is 408 g/mol. The highest BCUT2D eigenvalue weighted by Crippen LogP contribution is 2.68. The van der Waals surface area contributed by atoms with Gasteiger partial charge in [0, 0.05) is 0 Å². The molecule has 1 N–H and O–H groups in total. The first kappa shape index (κ1) is 21.0. The fourth-order valence-corrected chi connectivity index (χ4v) is 9.64. The predicted octanol–water partition coefficient (Wildman–Crippen LogP) is 7.19. The molecule has 1 aromatic carbocycles. The van der Waals surface area contributed by atoms with Crippen LogP contribution in [-0.4, -0.2) is 11.2 Å². The zero-order valence-electron chi connectivity index (χ0n) is 19.9. The molecule has 30 heavy (non-hydrogen) atoms. The van der Waals surface area contributed by atoms with Crippen molar-refractivity contribution in [1.82, 2.24) is 0 Å². The molecule has 4 aliphatic carbocycles. The van der Waals surface area contributed by atoms with Crippen molar-refractivity contribution in [3.8, 4) is 0 Å². The van der Waals surface area contributed by atoms with Crippen LogP contribution in [0.1, 0.15) is 89.7 Å². The van der Waals surface area contributed by atoms with Crippen LogP contribution in [0.2, 0.25) is 0 Å². The van der Waals surface area contributed by atoms with E-state index >= 15 is 0 Å². The zero-order chi connectivity index (χ0) is 21.1. The average Bonchev–Trinajstić information content (AvgIpc) is 2.98. The summed E-state index contributed by atoms with van der Waals surface area (Å²) in [6.45, 7) is 9.90. The fourth-order valence-electron chi connectivity index (χ4n) is 9.64. The van der Waals surface area contributed by atoms with Crippen LogP contribution in [0, 0.1) is 53.3 Å². The fraction of sp³-hybridized carbons (Fsp3) is 0.793. The number of fused-ring (bicyclic) bond motifs is 5. The van der Waals surface area contributed by atoms with Gasteiger partial charge < -0.3 is 5.11 Å². The van der Waals surface area contributed by atoms with E-state index in [4.69, 9.17) is 0 Å². The molecule has 0 bridgehead atoms. The number of hydrogen-bond donors (Lipinski definition) is 1. The van der Waals surface area contributed by atoms with Crippen molar-refractivity contribution in [3.05, 3.63) is 35.4 Å². The summed E-state index contributed by atoms with van der Waals surface area (Å²) in [4.78, 5) is 0. The normalized spacial score (nSPS) is 46.6. The lowest BCUT2D eigenvalue weighted by molar-refractivity contribution is -0.130. The standard InChI is InChI=1S/C29H44O/c1-19-8-7-9-21(16-19)17-20(2)25-18-26(30)27-23-12-11-22-10-5-6-14-28(22,3)24(23)13-15-29(25,27)4/h7-9,16,20,22-27,30H,5-6,10-15,17-18H2,1-4H3/t20?,22?,23-,24+,25-,26-,27-,28+,29-/m1/s1. The summed E-state index contributed by atoms with van der Waals surface area (Å²) in [7, 11) is 0. The van der Waals surface area contributed by atoms with Gasteiger partial charge in [-0.3, -0.25) is 0 Å². The van der Waals surface area contributed by atoms with Crippen molar-refractivity contribution >= 4 is 0 Å². The molecule has 0 amide bonds. The molecule has 1 aromatic rings. The SMILES string of the molecule is Cc1cccc(CC(C)[C@H]2C[C@@H](O)[C@H]3[C@@H]4CCC5CCCC[C@]5(C)[C@H]4CC[C@@]32C)c1. The lowest BCUT2D eigenvalue weighted by Gasteiger charge is -2.61. The molecule has 9 atom stereocenters. The molecule has 0 aliphatic heterocycles. The van der Waals surface area contributed by atoms with E-state index < -0.39 is 0 Å². The highest BCUT2D eigenvalue weighted by atomic mass is 16.3. The maximum atomic E-state index is 11.4. The van der Waals surface area contributed by atoms with Crippen molar-refractivity contribution in [3.63, 3.8) is 0 Å². The molecule has 0 radical (unpaired) electrons. The topological polar surface area (TPSA) is 20.2 Å². The quantitative estimate of drug-likeness (QED) is 0.561. The maximum absolute atomic E-state index is 11.4. The molecule has 0 saturated heterocycles. The maximum Gasteiger partial charge on any atom is 0.0579 e. The Morgan fingerprint density at radius 2 is 1.87 bits per heavy atom. The Hall–Kier alpha value is -0.820. The van der Waals surface area contributed by atoms with E-state index in [0.717, 1.165) is 30.6 Å². The molecule has 5 rings (SSSR count). The molecule has 4 saturated carbocycles. The first-order chi connectivity index (χ1) is 14.3. The highest BCUT2D eigenvalue weighted by Gasteiger charge is 2.62. The average molecular weight is 409 g/mol. The van der Waals surface area contributed by atoms with E-state index in [1.807, 2.05) is 0 Å². The van der Waals surface area contributed by atoms with E-state index in [1.165, 1.54) is 62.5 Å². The first-order valence-electron chi connectivity index (χ1n) is 13.1. The molecule has 0 heterocycles. The van der Waals surface area contributed by atoms with Gasteiger partial charge in [0.25, 0.3) is 0 Å². The molecule has 166 valence electrons. The summed E-state index contributed by atoms with van der Waals surface area (Å²) >= 11 is 0. The summed E-state index contributed by atoms with van der Waals surface area (Å²) < 4.78 is 0. The molecule has 4 fully saturated rings. The number of benzene rings is 1. The van der Waals surface area contributed by atoms with Crippen molar-refractivity contribution in [2.24, 2.45) is 46.3 Å². The molecule has 0 aromatic heterocycles. The van der Waals surface area contributed by atoms with Gasteiger partial charge in [0.2, 0.25) is 0 Å². The Morgan fingerprint density at radius 3 is 2.67 bits per heavy atom. The molecule has 4 aliphatic rings. The van der Waals surface area contributed by atoms with Crippen LogP contribution in [0.15, 0.2) is 24.3 Å². The van der Waals surface area contributed by atoms with Crippen molar-refractivity contribution < 1.29 is 5.11 Å². The number of aliphatic hydroxyl groups is 1.